The van der Waals surface area contributed by atoms with Crippen molar-refractivity contribution < 1.29 is 0 Å². The highest BCUT2D eigenvalue weighted by Gasteiger charge is 2.18. The molecular formula is C15H23NS. The van der Waals surface area contributed by atoms with Crippen LogP contribution in [0.3, 0.4) is 0 Å². The van der Waals surface area contributed by atoms with E-state index >= 15 is 0 Å². The molecule has 1 aromatic carbocycles. The van der Waals surface area contributed by atoms with E-state index in [0.29, 0.717) is 0 Å². The molecule has 2 atom stereocenters. The summed E-state index contributed by atoms with van der Waals surface area (Å²) in [4.78, 5) is 1.34. The summed E-state index contributed by atoms with van der Waals surface area (Å²) in [5.74, 6) is 1.80. The lowest BCUT2D eigenvalue weighted by molar-refractivity contribution is 0.293. The molecule has 1 saturated carbocycles. The van der Waals surface area contributed by atoms with Gasteiger partial charge in [0.05, 0.1) is 0 Å². The largest absolute Gasteiger partial charge is 0.385 e. The molecule has 0 heterocycles. The van der Waals surface area contributed by atoms with Crippen molar-refractivity contribution in [2.75, 3.05) is 18.1 Å². The molecule has 1 aromatic rings. The first-order valence-corrected chi connectivity index (χ1v) is 7.88. The molecular weight excluding hydrogens is 226 g/mol. The summed E-state index contributed by atoms with van der Waals surface area (Å²) in [6.45, 7) is 3.53. The van der Waals surface area contributed by atoms with Crippen molar-refractivity contribution in [2.45, 2.75) is 37.5 Å². The lowest BCUT2D eigenvalue weighted by Crippen LogP contribution is -2.20. The maximum Gasteiger partial charge on any atom is 0.0341 e. The van der Waals surface area contributed by atoms with Crippen LogP contribution in [0.1, 0.15) is 32.6 Å². The summed E-state index contributed by atoms with van der Waals surface area (Å²) in [7, 11) is 0. The van der Waals surface area contributed by atoms with Crippen molar-refractivity contribution in [3.63, 3.8) is 0 Å². The molecule has 17 heavy (non-hydrogen) atoms. The molecule has 0 amide bonds. The number of hydrogen-bond donors (Lipinski definition) is 1. The third kappa shape index (κ3) is 3.95. The first-order valence-electron chi connectivity index (χ1n) is 6.66. The summed E-state index contributed by atoms with van der Waals surface area (Å²) in [5.41, 5.74) is 1.26. The van der Waals surface area contributed by atoms with Gasteiger partial charge in [-0.15, -0.1) is 11.8 Å². The van der Waals surface area contributed by atoms with Gasteiger partial charge < -0.3 is 5.32 Å². The number of nitrogens with one attached hydrogen (secondary N) is 1. The van der Waals surface area contributed by atoms with Gasteiger partial charge in [0.15, 0.2) is 0 Å². The van der Waals surface area contributed by atoms with Gasteiger partial charge in [-0.25, -0.2) is 0 Å². The molecule has 0 bridgehead atoms. The predicted molar refractivity (Wildman–Crippen MR) is 77.8 cm³/mol. The Balaban J connectivity index is 1.80. The molecule has 0 radical (unpaired) electrons. The highest BCUT2D eigenvalue weighted by molar-refractivity contribution is 7.98. The van der Waals surface area contributed by atoms with Gasteiger partial charge in [0.2, 0.25) is 0 Å². The Bertz CT molecular complexity index is 333. The van der Waals surface area contributed by atoms with E-state index in [1.165, 1.54) is 36.3 Å². The van der Waals surface area contributed by atoms with Gasteiger partial charge in [-0.1, -0.05) is 19.8 Å². The Morgan fingerprint density at radius 1 is 1.24 bits per heavy atom. The molecule has 1 aliphatic carbocycles. The summed E-state index contributed by atoms with van der Waals surface area (Å²) < 4.78 is 0. The molecule has 2 rings (SSSR count). The van der Waals surface area contributed by atoms with Crippen LogP contribution in [0, 0.1) is 11.8 Å². The molecule has 2 unspecified atom stereocenters. The molecule has 1 N–H and O–H groups in total. The third-order valence-electron chi connectivity index (χ3n) is 3.73. The van der Waals surface area contributed by atoms with Gasteiger partial charge in [-0.3, -0.25) is 0 Å². The van der Waals surface area contributed by atoms with Crippen molar-refractivity contribution in [3.8, 4) is 0 Å². The Labute approximate surface area is 109 Å². The van der Waals surface area contributed by atoms with E-state index in [-0.39, 0.29) is 0 Å². The Kier molecular flexibility index (Phi) is 4.78. The monoisotopic (exact) mass is 249 g/mol. The van der Waals surface area contributed by atoms with Gasteiger partial charge in [0.25, 0.3) is 0 Å². The average Bonchev–Trinajstić information content (AvgIpc) is 2.37. The number of hydrogen-bond acceptors (Lipinski definition) is 2. The van der Waals surface area contributed by atoms with E-state index in [1.54, 1.807) is 11.8 Å². The molecule has 94 valence electrons. The van der Waals surface area contributed by atoms with Crippen LogP contribution in [0.4, 0.5) is 5.69 Å². The van der Waals surface area contributed by atoms with Gasteiger partial charge in [-0.05, 0) is 55.2 Å². The number of benzene rings is 1. The quantitative estimate of drug-likeness (QED) is 0.780. The summed E-state index contributed by atoms with van der Waals surface area (Å²) >= 11 is 1.80. The van der Waals surface area contributed by atoms with Crippen LogP contribution < -0.4 is 5.32 Å². The van der Waals surface area contributed by atoms with Gasteiger partial charge in [-0.2, -0.15) is 0 Å². The second-order valence-electron chi connectivity index (χ2n) is 5.25. The van der Waals surface area contributed by atoms with Gasteiger partial charge >= 0.3 is 0 Å². The number of thioether (sulfide) groups is 1. The van der Waals surface area contributed by atoms with Gasteiger partial charge in [0, 0.05) is 17.1 Å². The fourth-order valence-corrected chi connectivity index (χ4v) is 3.12. The van der Waals surface area contributed by atoms with Crippen molar-refractivity contribution >= 4 is 17.4 Å². The fraction of sp³-hybridized carbons (Fsp3) is 0.600. The summed E-state index contributed by atoms with van der Waals surface area (Å²) in [5, 5.41) is 3.58. The Morgan fingerprint density at radius 2 is 2.00 bits per heavy atom. The first kappa shape index (κ1) is 12.8. The van der Waals surface area contributed by atoms with Crippen LogP contribution in [-0.2, 0) is 0 Å². The van der Waals surface area contributed by atoms with Crippen LogP contribution in [0.15, 0.2) is 29.2 Å². The van der Waals surface area contributed by atoms with E-state index in [9.17, 15) is 0 Å². The molecule has 0 spiro atoms. The fourth-order valence-electron chi connectivity index (χ4n) is 2.72. The van der Waals surface area contributed by atoms with Crippen molar-refractivity contribution in [3.05, 3.63) is 24.3 Å². The molecule has 1 fully saturated rings. The van der Waals surface area contributed by atoms with Crippen molar-refractivity contribution in [2.24, 2.45) is 11.8 Å². The van der Waals surface area contributed by atoms with Gasteiger partial charge in [0.1, 0.15) is 0 Å². The first-order chi connectivity index (χ1) is 8.28. The molecule has 2 heteroatoms. The van der Waals surface area contributed by atoms with Crippen LogP contribution in [0.2, 0.25) is 0 Å². The lowest BCUT2D eigenvalue weighted by Gasteiger charge is -2.27. The van der Waals surface area contributed by atoms with Crippen LogP contribution >= 0.6 is 11.8 Å². The minimum absolute atomic E-state index is 0.874. The predicted octanol–water partition coefficient (Wildman–Crippen LogP) is 4.65. The third-order valence-corrected chi connectivity index (χ3v) is 4.47. The molecule has 1 aliphatic rings. The van der Waals surface area contributed by atoms with E-state index in [0.717, 1.165) is 18.4 Å². The second kappa shape index (κ2) is 6.34. The summed E-state index contributed by atoms with van der Waals surface area (Å²) in [6, 6.07) is 8.77. The van der Waals surface area contributed by atoms with E-state index < -0.39 is 0 Å². The minimum Gasteiger partial charge on any atom is -0.385 e. The van der Waals surface area contributed by atoms with E-state index in [2.05, 4.69) is 42.8 Å². The Hall–Kier alpha value is -0.630. The maximum atomic E-state index is 3.58. The van der Waals surface area contributed by atoms with E-state index in [4.69, 9.17) is 0 Å². The molecule has 0 aliphatic heterocycles. The molecule has 0 aromatic heterocycles. The zero-order valence-electron chi connectivity index (χ0n) is 10.9. The number of rotatable bonds is 4. The van der Waals surface area contributed by atoms with Crippen LogP contribution in [-0.4, -0.2) is 12.8 Å². The molecule has 1 nitrogen and oxygen atoms in total. The second-order valence-corrected chi connectivity index (χ2v) is 6.13. The standard InChI is InChI=1S/C15H23NS/c1-12-4-3-5-13(10-12)11-16-14-6-8-15(17-2)9-7-14/h6-9,12-13,16H,3-5,10-11H2,1-2H3. The average molecular weight is 249 g/mol. The zero-order chi connectivity index (χ0) is 12.1. The highest BCUT2D eigenvalue weighted by Crippen LogP contribution is 2.28. The summed E-state index contributed by atoms with van der Waals surface area (Å²) in [6.07, 6.45) is 7.76. The molecule has 0 saturated heterocycles. The number of anilines is 1. The van der Waals surface area contributed by atoms with Crippen LogP contribution in [0.5, 0.6) is 0 Å². The van der Waals surface area contributed by atoms with Crippen molar-refractivity contribution in [1.82, 2.24) is 0 Å². The minimum atomic E-state index is 0.874. The lowest BCUT2D eigenvalue weighted by atomic mass is 9.82. The smallest absolute Gasteiger partial charge is 0.0341 e. The Morgan fingerprint density at radius 3 is 2.65 bits per heavy atom. The highest BCUT2D eigenvalue weighted by atomic mass is 32.2. The normalized spacial score (nSPS) is 24.6. The topological polar surface area (TPSA) is 12.0 Å². The van der Waals surface area contributed by atoms with E-state index in [1.807, 2.05) is 0 Å². The SMILES string of the molecule is CSc1ccc(NCC2CCCC(C)C2)cc1. The van der Waals surface area contributed by atoms with Crippen LogP contribution in [0.25, 0.3) is 0 Å². The van der Waals surface area contributed by atoms with Crippen molar-refractivity contribution in [1.29, 1.82) is 0 Å². The zero-order valence-corrected chi connectivity index (χ0v) is 11.7. The maximum absolute atomic E-state index is 3.58.